The van der Waals surface area contributed by atoms with E-state index in [4.69, 9.17) is 22.1 Å². The summed E-state index contributed by atoms with van der Waals surface area (Å²) >= 11 is 8.58. The number of ether oxygens (including phenoxy) is 1. The lowest BCUT2D eigenvalue weighted by Crippen LogP contribution is -2.14. The van der Waals surface area contributed by atoms with Gasteiger partial charge in [0.15, 0.2) is 5.13 Å². The Labute approximate surface area is 190 Å². The van der Waals surface area contributed by atoms with E-state index in [1.165, 1.54) is 22.7 Å². The third kappa shape index (κ3) is 5.48. The third-order valence-electron chi connectivity index (χ3n) is 4.11. The molecule has 158 valence electrons. The normalized spacial score (nSPS) is 10.7. The number of anilines is 1. The maximum Gasteiger partial charge on any atom is 0.265 e. The van der Waals surface area contributed by atoms with Gasteiger partial charge in [-0.25, -0.2) is 9.97 Å². The Balaban J connectivity index is 1.30. The molecule has 4 rings (SSSR count). The van der Waals surface area contributed by atoms with Crippen LogP contribution in [0.3, 0.4) is 0 Å². The van der Waals surface area contributed by atoms with Crippen LogP contribution >= 0.6 is 34.3 Å². The number of aromatic nitrogens is 3. The minimum atomic E-state index is -0.545. The minimum absolute atomic E-state index is 0.127. The van der Waals surface area contributed by atoms with Gasteiger partial charge in [0.2, 0.25) is 5.91 Å². The number of hydrogen-bond donors (Lipinski definition) is 3. The Bertz CT molecular complexity index is 1220. The second-order valence-corrected chi connectivity index (χ2v) is 8.64. The summed E-state index contributed by atoms with van der Waals surface area (Å²) in [6.45, 7) is 0.313. The highest BCUT2D eigenvalue weighted by atomic mass is 35.5. The second-order valence-electron chi connectivity index (χ2n) is 6.40. The van der Waals surface area contributed by atoms with E-state index >= 15 is 0 Å². The lowest BCUT2D eigenvalue weighted by atomic mass is 10.2. The smallest absolute Gasteiger partial charge is 0.265 e. The van der Waals surface area contributed by atoms with Crippen LogP contribution in [0.2, 0.25) is 5.02 Å². The first-order chi connectivity index (χ1) is 15.0. The Morgan fingerprint density at radius 2 is 1.97 bits per heavy atom. The molecule has 0 aliphatic rings. The van der Waals surface area contributed by atoms with Crippen molar-refractivity contribution in [3.8, 4) is 17.0 Å². The van der Waals surface area contributed by atoms with E-state index < -0.39 is 5.91 Å². The second kappa shape index (κ2) is 9.29. The molecule has 0 radical (unpaired) electrons. The Morgan fingerprint density at radius 1 is 1.16 bits per heavy atom. The van der Waals surface area contributed by atoms with Crippen molar-refractivity contribution in [3.05, 3.63) is 68.7 Å². The number of benzene rings is 1. The van der Waals surface area contributed by atoms with Crippen LogP contribution in [0, 0.1) is 0 Å². The molecule has 4 N–H and O–H groups in total. The summed E-state index contributed by atoms with van der Waals surface area (Å²) in [7, 11) is 0. The van der Waals surface area contributed by atoms with Crippen LogP contribution in [0.25, 0.3) is 11.3 Å². The molecule has 3 aromatic heterocycles. The number of thiazole rings is 2. The van der Waals surface area contributed by atoms with Gasteiger partial charge < -0.3 is 20.8 Å². The average molecular weight is 474 g/mol. The van der Waals surface area contributed by atoms with E-state index in [0.29, 0.717) is 39.6 Å². The summed E-state index contributed by atoms with van der Waals surface area (Å²) in [6.07, 6.45) is 1.77. The SMILES string of the molecule is NC(=O)c1cc(-c2csc(NC(=O)Cc3csc(COc4ccc(Cl)cc4)n3)n2)c[nH]1. The molecule has 0 unspecified atom stereocenters. The number of H-pyrrole nitrogens is 1. The summed E-state index contributed by atoms with van der Waals surface area (Å²) in [5, 5.41) is 8.27. The van der Waals surface area contributed by atoms with Gasteiger partial charge in [0.1, 0.15) is 23.1 Å². The zero-order valence-electron chi connectivity index (χ0n) is 15.9. The van der Waals surface area contributed by atoms with Gasteiger partial charge in [-0.3, -0.25) is 9.59 Å². The average Bonchev–Trinajstić information content (AvgIpc) is 3.48. The highest BCUT2D eigenvalue weighted by molar-refractivity contribution is 7.14. The Hall–Kier alpha value is -3.21. The van der Waals surface area contributed by atoms with Crippen molar-refractivity contribution < 1.29 is 14.3 Å². The molecular weight excluding hydrogens is 458 g/mol. The number of nitrogens with two attached hydrogens (primary N) is 1. The molecule has 31 heavy (non-hydrogen) atoms. The fourth-order valence-corrected chi connectivity index (χ4v) is 4.22. The molecule has 0 bridgehead atoms. The van der Waals surface area contributed by atoms with E-state index in [1.807, 2.05) is 5.38 Å². The van der Waals surface area contributed by atoms with Crippen LogP contribution < -0.4 is 15.8 Å². The number of aromatic amines is 1. The predicted octanol–water partition coefficient (Wildman–Crippen LogP) is 4.11. The standard InChI is InChI=1S/C20H16ClN5O3S2/c21-12-1-3-14(4-2-12)29-8-18-24-13(9-30-18)6-17(27)26-20-25-16(10-31-20)11-5-15(19(22)28)23-7-11/h1-5,7,9-10,23H,6,8H2,(H2,22,28)(H,25,26,27). The number of primary amides is 1. The Kier molecular flexibility index (Phi) is 6.31. The van der Waals surface area contributed by atoms with Crippen LogP contribution in [-0.4, -0.2) is 26.8 Å². The maximum atomic E-state index is 12.4. The van der Waals surface area contributed by atoms with Gasteiger partial charge in [0.25, 0.3) is 5.91 Å². The molecular formula is C20H16ClN5O3S2. The number of nitrogens with zero attached hydrogens (tertiary/aromatic N) is 2. The van der Waals surface area contributed by atoms with Crippen molar-refractivity contribution in [2.24, 2.45) is 5.73 Å². The van der Waals surface area contributed by atoms with Gasteiger partial charge in [-0.2, -0.15) is 0 Å². The van der Waals surface area contributed by atoms with E-state index in [0.717, 1.165) is 10.6 Å². The van der Waals surface area contributed by atoms with Crippen molar-refractivity contribution in [1.29, 1.82) is 0 Å². The molecule has 11 heteroatoms. The predicted molar refractivity (Wildman–Crippen MR) is 121 cm³/mol. The number of carbonyl (C=O) groups excluding carboxylic acids is 2. The molecule has 0 saturated carbocycles. The first-order valence-corrected chi connectivity index (χ1v) is 11.2. The number of amides is 2. The van der Waals surface area contributed by atoms with E-state index in [-0.39, 0.29) is 12.3 Å². The van der Waals surface area contributed by atoms with Crippen molar-refractivity contribution in [2.75, 3.05) is 5.32 Å². The summed E-state index contributed by atoms with van der Waals surface area (Å²) in [5.74, 6) is -0.0664. The lowest BCUT2D eigenvalue weighted by molar-refractivity contribution is -0.115. The van der Waals surface area contributed by atoms with Gasteiger partial charge in [0.05, 0.1) is 17.8 Å². The first kappa shape index (κ1) is 21.0. The number of rotatable bonds is 8. The molecule has 8 nitrogen and oxygen atoms in total. The highest BCUT2D eigenvalue weighted by Gasteiger charge is 2.13. The quantitative estimate of drug-likeness (QED) is 0.355. The van der Waals surface area contributed by atoms with Crippen LogP contribution in [0.15, 0.2) is 47.3 Å². The van der Waals surface area contributed by atoms with Gasteiger partial charge in [0, 0.05) is 27.5 Å². The van der Waals surface area contributed by atoms with Crippen molar-refractivity contribution in [3.63, 3.8) is 0 Å². The summed E-state index contributed by atoms with van der Waals surface area (Å²) < 4.78 is 5.67. The topological polar surface area (TPSA) is 123 Å². The van der Waals surface area contributed by atoms with E-state index in [1.54, 1.807) is 41.9 Å². The molecule has 3 heterocycles. The molecule has 0 saturated heterocycles. The zero-order chi connectivity index (χ0) is 21.8. The van der Waals surface area contributed by atoms with Crippen LogP contribution in [-0.2, 0) is 17.8 Å². The maximum absolute atomic E-state index is 12.4. The van der Waals surface area contributed by atoms with Crippen molar-refractivity contribution in [2.45, 2.75) is 13.0 Å². The van der Waals surface area contributed by atoms with Crippen LogP contribution in [0.5, 0.6) is 5.75 Å². The lowest BCUT2D eigenvalue weighted by Gasteiger charge is -2.03. The largest absolute Gasteiger partial charge is 0.486 e. The minimum Gasteiger partial charge on any atom is -0.486 e. The molecule has 2 amide bonds. The summed E-state index contributed by atoms with van der Waals surface area (Å²) in [4.78, 5) is 35.2. The fourth-order valence-electron chi connectivity index (χ4n) is 2.65. The number of hydrogen-bond acceptors (Lipinski definition) is 7. The molecule has 0 fully saturated rings. The number of carbonyl (C=O) groups is 2. The molecule has 0 atom stereocenters. The number of halogens is 1. The van der Waals surface area contributed by atoms with E-state index in [9.17, 15) is 9.59 Å². The molecule has 0 aliphatic heterocycles. The molecule has 0 spiro atoms. The van der Waals surface area contributed by atoms with Crippen LogP contribution in [0.1, 0.15) is 21.2 Å². The summed E-state index contributed by atoms with van der Waals surface area (Å²) in [5.41, 5.74) is 7.56. The molecule has 4 aromatic rings. The molecule has 0 aliphatic carbocycles. The van der Waals surface area contributed by atoms with Gasteiger partial charge in [-0.1, -0.05) is 11.6 Å². The highest BCUT2D eigenvalue weighted by Crippen LogP contribution is 2.25. The summed E-state index contributed by atoms with van der Waals surface area (Å²) in [6, 6.07) is 8.70. The fraction of sp³-hybridized carbons (Fsp3) is 0.100. The Morgan fingerprint density at radius 3 is 2.71 bits per heavy atom. The van der Waals surface area contributed by atoms with E-state index in [2.05, 4.69) is 20.3 Å². The zero-order valence-corrected chi connectivity index (χ0v) is 18.3. The third-order valence-corrected chi connectivity index (χ3v) is 5.99. The van der Waals surface area contributed by atoms with Gasteiger partial charge in [-0.15, -0.1) is 22.7 Å². The van der Waals surface area contributed by atoms with Crippen molar-refractivity contribution >= 4 is 51.2 Å². The monoisotopic (exact) mass is 473 g/mol. The van der Waals surface area contributed by atoms with Crippen molar-refractivity contribution in [1.82, 2.24) is 15.0 Å². The molecule has 1 aromatic carbocycles. The van der Waals surface area contributed by atoms with Gasteiger partial charge >= 0.3 is 0 Å². The van der Waals surface area contributed by atoms with Gasteiger partial charge in [-0.05, 0) is 30.3 Å². The first-order valence-electron chi connectivity index (χ1n) is 9.02. The van der Waals surface area contributed by atoms with Crippen LogP contribution in [0.4, 0.5) is 5.13 Å². The number of nitrogens with one attached hydrogen (secondary N) is 2.